The van der Waals surface area contributed by atoms with Crippen molar-refractivity contribution in [3.8, 4) is 11.1 Å². The predicted octanol–water partition coefficient (Wildman–Crippen LogP) is 4.58. The van der Waals surface area contributed by atoms with Crippen molar-refractivity contribution >= 4 is 6.29 Å². The fourth-order valence-electron chi connectivity index (χ4n) is 3.92. The van der Waals surface area contributed by atoms with Gasteiger partial charge in [0, 0.05) is 25.2 Å². The average molecular weight is 394 g/mol. The summed E-state index contributed by atoms with van der Waals surface area (Å²) in [6, 6.07) is 18.9. The van der Waals surface area contributed by atoms with Crippen LogP contribution in [-0.2, 0) is 16.1 Å². The molecule has 2 aromatic rings. The first-order valence-electron chi connectivity index (χ1n) is 10.5. The number of benzene rings is 2. The molecule has 0 saturated carbocycles. The zero-order valence-corrected chi connectivity index (χ0v) is 17.2. The first-order chi connectivity index (χ1) is 14.2. The second kappa shape index (κ2) is 10.9. The summed E-state index contributed by atoms with van der Waals surface area (Å²) < 4.78 is 6.06. The standard InChI is InChI=1S/C23H27NO2.C2H4O/c25-23-16-21(15-22(23)24-13-5-2-6-14-24)26-17-18-9-11-20(12-10-18)19-7-3-1-4-8-19;1-2-3/h1,3-4,7-12,15,21,23,25H,2,5-6,13-14,16-17H2;2H,1H3/t21-,23-;/m0./s1. The normalized spacial score (nSPS) is 21.2. The predicted molar refractivity (Wildman–Crippen MR) is 116 cm³/mol. The lowest BCUT2D eigenvalue weighted by Crippen LogP contribution is -2.32. The molecule has 1 heterocycles. The van der Waals surface area contributed by atoms with Gasteiger partial charge < -0.3 is 19.5 Å². The topological polar surface area (TPSA) is 49.8 Å². The number of hydrogen-bond acceptors (Lipinski definition) is 4. The minimum atomic E-state index is -0.376. The van der Waals surface area contributed by atoms with Gasteiger partial charge in [0.1, 0.15) is 6.29 Å². The van der Waals surface area contributed by atoms with E-state index in [1.165, 1.54) is 42.9 Å². The van der Waals surface area contributed by atoms with Gasteiger partial charge in [0.15, 0.2) is 0 Å². The molecule has 2 atom stereocenters. The summed E-state index contributed by atoms with van der Waals surface area (Å²) in [5.74, 6) is 0. The van der Waals surface area contributed by atoms with Crippen LogP contribution in [-0.4, -0.2) is 41.6 Å². The van der Waals surface area contributed by atoms with Crippen LogP contribution in [0.25, 0.3) is 11.1 Å². The highest BCUT2D eigenvalue weighted by Crippen LogP contribution is 2.28. The quantitative estimate of drug-likeness (QED) is 0.756. The second-order valence-corrected chi connectivity index (χ2v) is 7.54. The Morgan fingerprint density at radius 1 is 1.00 bits per heavy atom. The van der Waals surface area contributed by atoms with Gasteiger partial charge in [0.05, 0.1) is 18.8 Å². The van der Waals surface area contributed by atoms with E-state index in [0.717, 1.165) is 25.1 Å². The van der Waals surface area contributed by atoms with Crippen LogP contribution in [0, 0.1) is 0 Å². The molecule has 154 valence electrons. The molecule has 0 amide bonds. The number of aldehydes is 1. The van der Waals surface area contributed by atoms with Crippen LogP contribution in [0.1, 0.15) is 38.2 Å². The van der Waals surface area contributed by atoms with Crippen molar-refractivity contribution in [2.24, 2.45) is 0 Å². The molecule has 1 aliphatic carbocycles. The van der Waals surface area contributed by atoms with Crippen LogP contribution in [0.5, 0.6) is 0 Å². The Kier molecular flexibility index (Phi) is 8.03. The molecular formula is C25H31NO3. The zero-order chi connectivity index (χ0) is 20.5. The molecule has 1 fully saturated rings. The molecule has 1 aliphatic heterocycles. The smallest absolute Gasteiger partial charge is 0.116 e. The van der Waals surface area contributed by atoms with E-state index < -0.39 is 0 Å². The van der Waals surface area contributed by atoms with E-state index in [2.05, 4.69) is 59.5 Å². The molecule has 4 rings (SSSR count). The van der Waals surface area contributed by atoms with Gasteiger partial charge in [-0.05, 0) is 49.0 Å². The summed E-state index contributed by atoms with van der Waals surface area (Å²) in [6.45, 7) is 4.16. The number of carbonyl (C=O) groups is 1. The lowest BCUT2D eigenvalue weighted by Gasteiger charge is -2.31. The number of nitrogens with zero attached hydrogens (tertiary/aromatic N) is 1. The van der Waals surface area contributed by atoms with Crippen LogP contribution in [0.2, 0.25) is 0 Å². The van der Waals surface area contributed by atoms with Gasteiger partial charge in [0.2, 0.25) is 0 Å². The van der Waals surface area contributed by atoms with Gasteiger partial charge in [-0.1, -0.05) is 54.6 Å². The molecule has 2 aliphatic rings. The molecular weight excluding hydrogens is 362 g/mol. The number of ether oxygens (including phenoxy) is 1. The van der Waals surface area contributed by atoms with Crippen LogP contribution in [0.15, 0.2) is 66.4 Å². The maximum atomic E-state index is 10.4. The van der Waals surface area contributed by atoms with Gasteiger partial charge in [-0.3, -0.25) is 0 Å². The first kappa shape index (κ1) is 21.3. The van der Waals surface area contributed by atoms with Crippen molar-refractivity contribution < 1.29 is 14.6 Å². The monoisotopic (exact) mass is 393 g/mol. The van der Waals surface area contributed by atoms with Crippen molar-refractivity contribution in [1.82, 2.24) is 4.90 Å². The van der Waals surface area contributed by atoms with E-state index >= 15 is 0 Å². The lowest BCUT2D eigenvalue weighted by molar-refractivity contribution is -0.106. The highest BCUT2D eigenvalue weighted by molar-refractivity contribution is 5.63. The van der Waals surface area contributed by atoms with Crippen LogP contribution >= 0.6 is 0 Å². The Morgan fingerprint density at radius 3 is 2.28 bits per heavy atom. The van der Waals surface area contributed by atoms with E-state index in [0.29, 0.717) is 13.0 Å². The maximum absolute atomic E-state index is 10.4. The van der Waals surface area contributed by atoms with Gasteiger partial charge in [-0.2, -0.15) is 0 Å². The second-order valence-electron chi connectivity index (χ2n) is 7.54. The molecule has 0 spiro atoms. The van der Waals surface area contributed by atoms with E-state index in [-0.39, 0.29) is 12.2 Å². The molecule has 29 heavy (non-hydrogen) atoms. The number of aliphatic hydroxyl groups excluding tert-OH is 1. The molecule has 0 unspecified atom stereocenters. The molecule has 2 aromatic carbocycles. The molecule has 0 radical (unpaired) electrons. The zero-order valence-electron chi connectivity index (χ0n) is 17.2. The number of rotatable bonds is 5. The third-order valence-corrected chi connectivity index (χ3v) is 5.40. The van der Waals surface area contributed by atoms with E-state index in [9.17, 15) is 5.11 Å². The largest absolute Gasteiger partial charge is 0.387 e. The number of piperidine rings is 1. The number of carbonyl (C=O) groups excluding carboxylic acids is 1. The Morgan fingerprint density at radius 2 is 1.62 bits per heavy atom. The van der Waals surface area contributed by atoms with E-state index in [1.807, 2.05) is 6.07 Å². The molecule has 0 aromatic heterocycles. The minimum absolute atomic E-state index is 0.00993. The third kappa shape index (κ3) is 6.02. The van der Waals surface area contributed by atoms with Crippen LogP contribution in [0.3, 0.4) is 0 Å². The van der Waals surface area contributed by atoms with E-state index in [4.69, 9.17) is 9.53 Å². The SMILES string of the molecule is CC=O.O[C@H]1C[C@@H](OCc2ccc(-c3ccccc3)cc2)C=C1N1CCCCC1. The van der Waals surface area contributed by atoms with Crippen molar-refractivity contribution in [3.63, 3.8) is 0 Å². The average Bonchev–Trinajstić information content (AvgIpc) is 3.15. The Bertz CT molecular complexity index is 779. The molecule has 1 N–H and O–H groups in total. The maximum Gasteiger partial charge on any atom is 0.116 e. The highest BCUT2D eigenvalue weighted by atomic mass is 16.5. The first-order valence-corrected chi connectivity index (χ1v) is 10.5. The summed E-state index contributed by atoms with van der Waals surface area (Å²) in [6.07, 6.45) is 6.95. The van der Waals surface area contributed by atoms with Gasteiger partial charge in [-0.25, -0.2) is 0 Å². The molecule has 1 saturated heterocycles. The van der Waals surface area contributed by atoms with Crippen LogP contribution < -0.4 is 0 Å². The fourth-order valence-corrected chi connectivity index (χ4v) is 3.92. The molecule has 4 nitrogen and oxygen atoms in total. The summed E-state index contributed by atoms with van der Waals surface area (Å²) in [5, 5.41) is 10.4. The minimum Gasteiger partial charge on any atom is -0.387 e. The Balaban J connectivity index is 0.000000755. The summed E-state index contributed by atoms with van der Waals surface area (Å²) in [7, 11) is 0. The number of aliphatic hydroxyl groups is 1. The van der Waals surface area contributed by atoms with Crippen molar-refractivity contribution in [3.05, 3.63) is 71.9 Å². The van der Waals surface area contributed by atoms with Gasteiger partial charge in [-0.15, -0.1) is 0 Å². The summed E-state index contributed by atoms with van der Waals surface area (Å²) in [5.41, 5.74) is 4.69. The molecule has 0 bridgehead atoms. The summed E-state index contributed by atoms with van der Waals surface area (Å²) >= 11 is 0. The molecule has 4 heteroatoms. The Labute approximate surface area is 173 Å². The number of hydrogen-bond donors (Lipinski definition) is 1. The van der Waals surface area contributed by atoms with Crippen LogP contribution in [0.4, 0.5) is 0 Å². The van der Waals surface area contributed by atoms with Crippen molar-refractivity contribution in [2.45, 2.75) is 51.4 Å². The number of likely N-dealkylation sites (tertiary alicyclic amines) is 1. The fraction of sp³-hybridized carbons (Fsp3) is 0.400. The van der Waals surface area contributed by atoms with E-state index in [1.54, 1.807) is 0 Å². The highest BCUT2D eigenvalue weighted by Gasteiger charge is 2.29. The van der Waals surface area contributed by atoms with Crippen molar-refractivity contribution in [2.75, 3.05) is 13.1 Å². The third-order valence-electron chi connectivity index (χ3n) is 5.40. The van der Waals surface area contributed by atoms with Gasteiger partial charge in [0.25, 0.3) is 0 Å². The Hall–Kier alpha value is -2.43. The summed E-state index contributed by atoms with van der Waals surface area (Å²) in [4.78, 5) is 11.1. The van der Waals surface area contributed by atoms with Gasteiger partial charge >= 0.3 is 0 Å². The lowest BCUT2D eigenvalue weighted by atomic mass is 10.0. The van der Waals surface area contributed by atoms with Crippen molar-refractivity contribution in [1.29, 1.82) is 0 Å².